The van der Waals surface area contributed by atoms with Crippen LogP contribution in [0.5, 0.6) is 0 Å². The first-order valence-electron chi connectivity index (χ1n) is 6.20. The molecule has 0 saturated heterocycles. The SMILES string of the molecule is Nc1cnc2ccccc2c1NCCc1ncc[nH]1. The molecule has 0 aliphatic carbocycles. The molecule has 0 aliphatic rings. The second-order valence-electron chi connectivity index (χ2n) is 4.32. The van der Waals surface area contributed by atoms with Crippen molar-refractivity contribution in [3.8, 4) is 0 Å². The lowest BCUT2D eigenvalue weighted by Gasteiger charge is -2.11. The summed E-state index contributed by atoms with van der Waals surface area (Å²) in [6.45, 7) is 0.770. The van der Waals surface area contributed by atoms with Gasteiger partial charge in [-0.15, -0.1) is 0 Å². The Bertz CT molecular complexity index is 675. The Morgan fingerprint density at radius 2 is 2.11 bits per heavy atom. The first-order valence-corrected chi connectivity index (χ1v) is 6.20. The molecule has 96 valence electrons. The lowest BCUT2D eigenvalue weighted by atomic mass is 10.1. The number of rotatable bonds is 4. The number of aromatic nitrogens is 3. The maximum atomic E-state index is 6.00. The molecule has 0 unspecified atom stereocenters. The molecule has 0 fully saturated rings. The number of hydrogen-bond donors (Lipinski definition) is 3. The van der Waals surface area contributed by atoms with Gasteiger partial charge in [0, 0.05) is 30.7 Å². The number of para-hydroxylation sites is 1. The second kappa shape index (κ2) is 4.97. The molecule has 4 N–H and O–H groups in total. The number of benzene rings is 1. The average molecular weight is 253 g/mol. The molecule has 0 aliphatic heterocycles. The molecule has 0 radical (unpaired) electrons. The van der Waals surface area contributed by atoms with Crippen molar-refractivity contribution in [1.29, 1.82) is 0 Å². The Morgan fingerprint density at radius 3 is 2.95 bits per heavy atom. The molecule has 19 heavy (non-hydrogen) atoms. The van der Waals surface area contributed by atoms with Gasteiger partial charge in [0.1, 0.15) is 5.82 Å². The fourth-order valence-electron chi connectivity index (χ4n) is 2.09. The Morgan fingerprint density at radius 1 is 1.21 bits per heavy atom. The van der Waals surface area contributed by atoms with E-state index in [2.05, 4.69) is 20.3 Å². The van der Waals surface area contributed by atoms with E-state index in [0.717, 1.165) is 35.4 Å². The smallest absolute Gasteiger partial charge is 0.107 e. The highest BCUT2D eigenvalue weighted by Gasteiger charge is 2.05. The Kier molecular flexibility index (Phi) is 3.02. The minimum Gasteiger partial charge on any atom is -0.396 e. The summed E-state index contributed by atoms with van der Waals surface area (Å²) in [5, 5.41) is 4.41. The van der Waals surface area contributed by atoms with Gasteiger partial charge in [-0.05, 0) is 6.07 Å². The van der Waals surface area contributed by atoms with E-state index in [1.54, 1.807) is 12.4 Å². The van der Waals surface area contributed by atoms with Gasteiger partial charge in [0.25, 0.3) is 0 Å². The third-order valence-electron chi connectivity index (χ3n) is 3.02. The van der Waals surface area contributed by atoms with Crippen LogP contribution < -0.4 is 11.1 Å². The van der Waals surface area contributed by atoms with E-state index in [4.69, 9.17) is 5.73 Å². The van der Waals surface area contributed by atoms with Crippen molar-refractivity contribution in [2.24, 2.45) is 0 Å². The van der Waals surface area contributed by atoms with Crippen molar-refractivity contribution >= 4 is 22.3 Å². The predicted octanol–water partition coefficient (Wildman–Crippen LogP) is 2.19. The molecular weight excluding hydrogens is 238 g/mol. The van der Waals surface area contributed by atoms with Crippen LogP contribution in [-0.2, 0) is 6.42 Å². The summed E-state index contributed by atoms with van der Waals surface area (Å²) in [6.07, 6.45) is 6.09. The van der Waals surface area contributed by atoms with Crippen LogP contribution in [-0.4, -0.2) is 21.5 Å². The highest BCUT2D eigenvalue weighted by molar-refractivity contribution is 5.96. The molecule has 3 aromatic rings. The first kappa shape index (κ1) is 11.5. The Hall–Kier alpha value is -2.56. The molecule has 2 heterocycles. The van der Waals surface area contributed by atoms with E-state index < -0.39 is 0 Å². The van der Waals surface area contributed by atoms with E-state index in [1.165, 1.54) is 0 Å². The van der Waals surface area contributed by atoms with Crippen LogP contribution in [0.1, 0.15) is 5.82 Å². The summed E-state index contributed by atoms with van der Waals surface area (Å²) in [6, 6.07) is 7.96. The van der Waals surface area contributed by atoms with Gasteiger partial charge in [-0.25, -0.2) is 4.98 Å². The molecule has 5 heteroatoms. The number of nitrogen functional groups attached to an aromatic ring is 1. The summed E-state index contributed by atoms with van der Waals surface area (Å²) in [7, 11) is 0. The fourth-order valence-corrected chi connectivity index (χ4v) is 2.09. The standard InChI is InChI=1S/C14H15N5/c15-11-9-19-12-4-2-1-3-10(12)14(11)18-6-5-13-16-7-8-17-13/h1-4,7-9H,5-6,15H2,(H,16,17)(H,18,19). The normalized spacial score (nSPS) is 10.7. The zero-order valence-electron chi connectivity index (χ0n) is 10.4. The van der Waals surface area contributed by atoms with Crippen LogP contribution in [0.4, 0.5) is 11.4 Å². The van der Waals surface area contributed by atoms with Crippen LogP contribution >= 0.6 is 0 Å². The number of aromatic amines is 1. The Labute approximate surface area is 110 Å². The third-order valence-corrected chi connectivity index (χ3v) is 3.02. The molecule has 0 atom stereocenters. The largest absolute Gasteiger partial charge is 0.396 e. The quantitative estimate of drug-likeness (QED) is 0.666. The molecule has 5 nitrogen and oxygen atoms in total. The van der Waals surface area contributed by atoms with E-state index in [9.17, 15) is 0 Å². The van der Waals surface area contributed by atoms with Crippen LogP contribution in [0, 0.1) is 0 Å². The van der Waals surface area contributed by atoms with Crippen molar-refractivity contribution in [3.05, 3.63) is 48.7 Å². The van der Waals surface area contributed by atoms with Crippen molar-refractivity contribution in [3.63, 3.8) is 0 Å². The lowest BCUT2D eigenvalue weighted by Crippen LogP contribution is -2.08. The molecule has 2 aromatic heterocycles. The summed E-state index contributed by atoms with van der Waals surface area (Å²) in [5.74, 6) is 0.962. The second-order valence-corrected chi connectivity index (χ2v) is 4.32. The van der Waals surface area contributed by atoms with Gasteiger partial charge in [0.15, 0.2) is 0 Å². The van der Waals surface area contributed by atoms with Gasteiger partial charge in [0.05, 0.1) is 23.1 Å². The fraction of sp³-hybridized carbons (Fsp3) is 0.143. The van der Waals surface area contributed by atoms with E-state index in [0.29, 0.717) is 5.69 Å². The van der Waals surface area contributed by atoms with Gasteiger partial charge < -0.3 is 16.0 Å². The molecule has 0 saturated carbocycles. The van der Waals surface area contributed by atoms with E-state index in [-0.39, 0.29) is 0 Å². The van der Waals surface area contributed by atoms with Gasteiger partial charge in [-0.2, -0.15) is 0 Å². The van der Waals surface area contributed by atoms with Crippen molar-refractivity contribution in [1.82, 2.24) is 15.0 Å². The van der Waals surface area contributed by atoms with Crippen molar-refractivity contribution < 1.29 is 0 Å². The summed E-state index contributed by atoms with van der Waals surface area (Å²) >= 11 is 0. The van der Waals surface area contributed by atoms with E-state index >= 15 is 0 Å². The molecule has 3 rings (SSSR count). The molecule has 0 bridgehead atoms. The highest BCUT2D eigenvalue weighted by atomic mass is 14.9. The summed E-state index contributed by atoms with van der Waals surface area (Å²) in [5.41, 5.74) is 8.55. The number of pyridine rings is 1. The molecule has 0 amide bonds. The van der Waals surface area contributed by atoms with Gasteiger partial charge in [-0.3, -0.25) is 4.98 Å². The number of hydrogen-bond acceptors (Lipinski definition) is 4. The number of fused-ring (bicyclic) bond motifs is 1. The van der Waals surface area contributed by atoms with Gasteiger partial charge >= 0.3 is 0 Å². The average Bonchev–Trinajstić information content (AvgIpc) is 2.94. The zero-order valence-corrected chi connectivity index (χ0v) is 10.4. The zero-order chi connectivity index (χ0) is 13.1. The van der Waals surface area contributed by atoms with Crippen molar-refractivity contribution in [2.45, 2.75) is 6.42 Å². The number of nitrogens with one attached hydrogen (secondary N) is 2. The Balaban J connectivity index is 1.81. The number of anilines is 2. The number of nitrogens with two attached hydrogens (primary N) is 1. The molecule has 1 aromatic carbocycles. The summed E-state index contributed by atoms with van der Waals surface area (Å²) in [4.78, 5) is 11.6. The predicted molar refractivity (Wildman–Crippen MR) is 76.9 cm³/mol. The minimum absolute atomic E-state index is 0.665. The minimum atomic E-state index is 0.665. The maximum absolute atomic E-state index is 6.00. The maximum Gasteiger partial charge on any atom is 0.107 e. The summed E-state index contributed by atoms with van der Waals surface area (Å²) < 4.78 is 0. The lowest BCUT2D eigenvalue weighted by molar-refractivity contribution is 0.928. The number of H-pyrrole nitrogens is 1. The van der Waals surface area contributed by atoms with Crippen LogP contribution in [0.15, 0.2) is 42.9 Å². The highest BCUT2D eigenvalue weighted by Crippen LogP contribution is 2.27. The van der Waals surface area contributed by atoms with Crippen molar-refractivity contribution in [2.75, 3.05) is 17.6 Å². The number of imidazole rings is 1. The third kappa shape index (κ3) is 2.35. The van der Waals surface area contributed by atoms with Crippen LogP contribution in [0.2, 0.25) is 0 Å². The molecular formula is C14H15N5. The molecule has 0 spiro atoms. The number of nitrogens with zero attached hydrogens (tertiary/aromatic N) is 2. The van der Waals surface area contributed by atoms with Crippen LogP contribution in [0.3, 0.4) is 0 Å². The van der Waals surface area contributed by atoms with E-state index in [1.807, 2.05) is 30.5 Å². The first-order chi connectivity index (χ1) is 9.34. The van der Waals surface area contributed by atoms with Gasteiger partial charge in [-0.1, -0.05) is 18.2 Å². The van der Waals surface area contributed by atoms with Crippen LogP contribution in [0.25, 0.3) is 10.9 Å². The topological polar surface area (TPSA) is 79.6 Å². The monoisotopic (exact) mass is 253 g/mol. The van der Waals surface area contributed by atoms with Gasteiger partial charge in [0.2, 0.25) is 0 Å².